The summed E-state index contributed by atoms with van der Waals surface area (Å²) in [6.45, 7) is 2.71. The lowest BCUT2D eigenvalue weighted by atomic mass is 10.1. The predicted molar refractivity (Wildman–Crippen MR) is 107 cm³/mol. The van der Waals surface area contributed by atoms with Crippen LogP contribution in [0.25, 0.3) is 22.7 Å². The lowest BCUT2D eigenvalue weighted by molar-refractivity contribution is 0.313. The number of aromatic nitrogens is 2. The second-order valence-electron chi connectivity index (χ2n) is 5.43. The summed E-state index contributed by atoms with van der Waals surface area (Å²) in [5.74, 6) is 1.32. The van der Waals surface area contributed by atoms with E-state index in [1.165, 1.54) is 0 Å². The molecule has 0 aliphatic heterocycles. The van der Waals surface area contributed by atoms with Gasteiger partial charge in [0.05, 0.1) is 32.2 Å². The van der Waals surface area contributed by atoms with E-state index in [2.05, 4.69) is 54.8 Å². The van der Waals surface area contributed by atoms with Gasteiger partial charge in [0, 0.05) is 0 Å². The standard InChI is InChI=1S/C19H15Br2N3O/c1-2-7-25-18-14(20)9-12(10-15(18)21)8-13(11-22)19-23-16-5-3-4-6-17(16)24-19/h3-6,8-10H,2,7H2,1H3,(H,23,24)/b13-8+. The molecule has 0 radical (unpaired) electrons. The molecule has 0 aliphatic carbocycles. The fourth-order valence-corrected chi connectivity index (χ4v) is 3.86. The summed E-state index contributed by atoms with van der Waals surface area (Å²) in [4.78, 5) is 7.67. The number of benzene rings is 2. The molecule has 1 heterocycles. The van der Waals surface area contributed by atoms with Crippen LogP contribution in [0.1, 0.15) is 24.7 Å². The van der Waals surface area contributed by atoms with Crippen LogP contribution in [-0.2, 0) is 0 Å². The van der Waals surface area contributed by atoms with Gasteiger partial charge in [-0.2, -0.15) is 5.26 Å². The van der Waals surface area contributed by atoms with E-state index in [0.29, 0.717) is 18.0 Å². The van der Waals surface area contributed by atoms with Crippen molar-refractivity contribution in [3.63, 3.8) is 0 Å². The Balaban J connectivity index is 1.98. The average Bonchev–Trinajstić information content (AvgIpc) is 3.03. The first-order valence-electron chi connectivity index (χ1n) is 7.81. The van der Waals surface area contributed by atoms with Gasteiger partial charge in [-0.3, -0.25) is 0 Å². The Labute approximate surface area is 162 Å². The van der Waals surface area contributed by atoms with Crippen LogP contribution in [0.3, 0.4) is 0 Å². The number of halogens is 2. The highest BCUT2D eigenvalue weighted by atomic mass is 79.9. The molecule has 126 valence electrons. The number of imidazole rings is 1. The number of rotatable bonds is 5. The van der Waals surface area contributed by atoms with Crippen LogP contribution in [0.4, 0.5) is 0 Å². The van der Waals surface area contributed by atoms with Crippen molar-refractivity contribution in [2.24, 2.45) is 0 Å². The summed E-state index contributed by atoms with van der Waals surface area (Å²) in [6.07, 6.45) is 2.74. The van der Waals surface area contributed by atoms with Crippen LogP contribution in [0.2, 0.25) is 0 Å². The summed E-state index contributed by atoms with van der Waals surface area (Å²) in [5.41, 5.74) is 3.09. The van der Waals surface area contributed by atoms with E-state index in [1.54, 1.807) is 6.08 Å². The molecule has 1 aromatic heterocycles. The number of allylic oxidation sites excluding steroid dienone is 1. The van der Waals surface area contributed by atoms with E-state index in [-0.39, 0.29) is 0 Å². The zero-order valence-electron chi connectivity index (χ0n) is 13.5. The van der Waals surface area contributed by atoms with Crippen molar-refractivity contribution in [3.05, 3.63) is 56.7 Å². The normalized spacial score (nSPS) is 11.5. The van der Waals surface area contributed by atoms with Gasteiger partial charge >= 0.3 is 0 Å². The Morgan fingerprint density at radius 3 is 2.64 bits per heavy atom. The largest absolute Gasteiger partial charge is 0.491 e. The first kappa shape index (κ1) is 17.7. The van der Waals surface area contributed by atoms with Gasteiger partial charge in [-0.1, -0.05) is 19.1 Å². The fourth-order valence-electron chi connectivity index (χ4n) is 2.41. The minimum Gasteiger partial charge on any atom is -0.491 e. The van der Waals surface area contributed by atoms with Crippen molar-refractivity contribution in [2.75, 3.05) is 6.61 Å². The monoisotopic (exact) mass is 459 g/mol. The third-order valence-electron chi connectivity index (χ3n) is 3.55. The molecule has 0 atom stereocenters. The second kappa shape index (κ2) is 7.85. The van der Waals surface area contributed by atoms with Crippen LogP contribution >= 0.6 is 31.9 Å². The topological polar surface area (TPSA) is 61.7 Å². The molecule has 3 aromatic rings. The smallest absolute Gasteiger partial charge is 0.149 e. The molecular weight excluding hydrogens is 446 g/mol. The van der Waals surface area contributed by atoms with E-state index in [9.17, 15) is 5.26 Å². The SMILES string of the molecule is CCCOc1c(Br)cc(/C=C(\C#N)c2nc3ccccc3[nH]2)cc1Br. The van der Waals surface area contributed by atoms with Crippen molar-refractivity contribution >= 4 is 54.5 Å². The highest BCUT2D eigenvalue weighted by molar-refractivity contribution is 9.11. The number of H-pyrrole nitrogens is 1. The van der Waals surface area contributed by atoms with Crippen LogP contribution in [0.15, 0.2) is 45.3 Å². The van der Waals surface area contributed by atoms with Gasteiger partial charge in [-0.25, -0.2) is 4.98 Å². The molecule has 0 amide bonds. The molecular formula is C19H15Br2N3O. The Bertz CT molecular complexity index is 930. The molecule has 0 fully saturated rings. The molecule has 0 saturated carbocycles. The number of aromatic amines is 1. The molecule has 0 aliphatic rings. The molecule has 0 saturated heterocycles. The van der Waals surface area contributed by atoms with E-state index in [0.717, 1.165) is 37.7 Å². The lowest BCUT2D eigenvalue weighted by Gasteiger charge is -2.10. The molecule has 0 spiro atoms. The van der Waals surface area contributed by atoms with Crippen molar-refractivity contribution in [1.82, 2.24) is 9.97 Å². The average molecular weight is 461 g/mol. The third kappa shape index (κ3) is 3.94. The van der Waals surface area contributed by atoms with Crippen LogP contribution in [0.5, 0.6) is 5.75 Å². The van der Waals surface area contributed by atoms with Crippen molar-refractivity contribution in [1.29, 1.82) is 5.26 Å². The summed E-state index contributed by atoms with van der Waals surface area (Å²) in [5, 5.41) is 9.55. The van der Waals surface area contributed by atoms with Crippen molar-refractivity contribution in [2.45, 2.75) is 13.3 Å². The van der Waals surface area contributed by atoms with Crippen LogP contribution in [0, 0.1) is 11.3 Å². The Morgan fingerprint density at radius 2 is 2.00 bits per heavy atom. The number of hydrogen-bond acceptors (Lipinski definition) is 3. The second-order valence-corrected chi connectivity index (χ2v) is 7.14. The number of nitrogens with zero attached hydrogens (tertiary/aromatic N) is 2. The Morgan fingerprint density at radius 1 is 1.28 bits per heavy atom. The highest BCUT2D eigenvalue weighted by Crippen LogP contribution is 2.36. The van der Waals surface area contributed by atoms with E-state index < -0.39 is 0 Å². The summed E-state index contributed by atoms with van der Waals surface area (Å²) in [6, 6.07) is 13.8. The fraction of sp³-hybridized carbons (Fsp3) is 0.158. The molecule has 1 N–H and O–H groups in total. The van der Waals surface area contributed by atoms with Crippen molar-refractivity contribution in [3.8, 4) is 11.8 Å². The highest BCUT2D eigenvalue weighted by Gasteiger charge is 2.11. The molecule has 3 rings (SSSR count). The molecule has 0 unspecified atom stereocenters. The van der Waals surface area contributed by atoms with Gasteiger partial charge < -0.3 is 9.72 Å². The summed E-state index contributed by atoms with van der Waals surface area (Å²) >= 11 is 7.07. The summed E-state index contributed by atoms with van der Waals surface area (Å²) in [7, 11) is 0. The van der Waals surface area contributed by atoms with Crippen LogP contribution < -0.4 is 4.74 Å². The molecule has 6 heteroatoms. The Hall–Kier alpha value is -2.10. The van der Waals surface area contributed by atoms with Gasteiger partial charge in [-0.15, -0.1) is 0 Å². The number of fused-ring (bicyclic) bond motifs is 1. The zero-order valence-corrected chi connectivity index (χ0v) is 16.7. The lowest BCUT2D eigenvalue weighted by Crippen LogP contribution is -1.97. The first-order valence-corrected chi connectivity index (χ1v) is 9.39. The predicted octanol–water partition coefficient (Wildman–Crippen LogP) is 5.94. The number of ether oxygens (including phenoxy) is 1. The maximum atomic E-state index is 9.55. The molecule has 25 heavy (non-hydrogen) atoms. The minimum atomic E-state index is 0.470. The molecule has 2 aromatic carbocycles. The van der Waals surface area contributed by atoms with E-state index >= 15 is 0 Å². The first-order chi connectivity index (χ1) is 12.1. The number of nitriles is 1. The van der Waals surface area contributed by atoms with Gasteiger partial charge in [0.1, 0.15) is 17.6 Å². The molecule has 4 nitrogen and oxygen atoms in total. The van der Waals surface area contributed by atoms with Gasteiger partial charge in [0.25, 0.3) is 0 Å². The zero-order chi connectivity index (χ0) is 17.8. The maximum absolute atomic E-state index is 9.55. The van der Waals surface area contributed by atoms with Gasteiger partial charge in [0.2, 0.25) is 0 Å². The number of para-hydroxylation sites is 2. The summed E-state index contributed by atoms with van der Waals surface area (Å²) < 4.78 is 7.40. The van der Waals surface area contributed by atoms with E-state index in [1.807, 2.05) is 36.4 Å². The Kier molecular flexibility index (Phi) is 5.57. The third-order valence-corrected chi connectivity index (χ3v) is 4.73. The quantitative estimate of drug-likeness (QED) is 0.479. The van der Waals surface area contributed by atoms with Gasteiger partial charge in [0.15, 0.2) is 0 Å². The van der Waals surface area contributed by atoms with Crippen LogP contribution in [-0.4, -0.2) is 16.6 Å². The minimum absolute atomic E-state index is 0.470. The number of hydrogen-bond donors (Lipinski definition) is 1. The number of nitrogens with one attached hydrogen (secondary N) is 1. The van der Waals surface area contributed by atoms with E-state index in [4.69, 9.17) is 4.74 Å². The van der Waals surface area contributed by atoms with Gasteiger partial charge in [-0.05, 0) is 74.2 Å². The van der Waals surface area contributed by atoms with Crippen molar-refractivity contribution < 1.29 is 4.74 Å². The maximum Gasteiger partial charge on any atom is 0.149 e. The molecule has 0 bridgehead atoms.